The first-order valence-electron chi connectivity index (χ1n) is 6.57. The van der Waals surface area contributed by atoms with Crippen LogP contribution in [0.1, 0.15) is 11.1 Å². The van der Waals surface area contributed by atoms with Crippen LogP contribution in [0.15, 0.2) is 59.3 Å². The molecule has 0 aliphatic rings. The van der Waals surface area contributed by atoms with Crippen molar-refractivity contribution in [3.8, 4) is 11.7 Å². The van der Waals surface area contributed by atoms with Crippen LogP contribution in [0.25, 0.3) is 5.82 Å². The minimum atomic E-state index is 0.491. The lowest BCUT2D eigenvalue weighted by Crippen LogP contribution is -2.06. The predicted molar refractivity (Wildman–Crippen MR) is 84.6 cm³/mol. The van der Waals surface area contributed by atoms with Gasteiger partial charge in [0.25, 0.3) is 0 Å². The minimum absolute atomic E-state index is 0.491. The molecule has 0 unspecified atom stereocenters. The molecule has 2 aromatic heterocycles. The van der Waals surface area contributed by atoms with Crippen LogP contribution >= 0.6 is 15.9 Å². The number of benzene rings is 1. The van der Waals surface area contributed by atoms with Crippen LogP contribution < -0.4 is 4.74 Å². The van der Waals surface area contributed by atoms with E-state index in [9.17, 15) is 0 Å². The van der Waals surface area contributed by atoms with Crippen molar-refractivity contribution in [3.05, 3.63) is 70.5 Å². The van der Waals surface area contributed by atoms with E-state index in [1.165, 1.54) is 0 Å². The van der Waals surface area contributed by atoms with Gasteiger partial charge in [-0.05, 0) is 36.2 Å². The van der Waals surface area contributed by atoms with Crippen LogP contribution in [0.2, 0.25) is 0 Å². The highest BCUT2D eigenvalue weighted by atomic mass is 79.9. The van der Waals surface area contributed by atoms with Gasteiger partial charge in [0.05, 0.1) is 6.20 Å². The van der Waals surface area contributed by atoms with E-state index >= 15 is 0 Å². The summed E-state index contributed by atoms with van der Waals surface area (Å²) in [5.41, 5.74) is 2.15. The highest BCUT2D eigenvalue weighted by molar-refractivity contribution is 9.10. The molecule has 0 bridgehead atoms. The molecule has 0 radical (unpaired) electrons. The highest BCUT2D eigenvalue weighted by Gasteiger charge is 2.09. The topological polar surface area (TPSA) is 39.9 Å². The lowest BCUT2D eigenvalue weighted by atomic mass is 10.2. The zero-order valence-corrected chi connectivity index (χ0v) is 13.1. The van der Waals surface area contributed by atoms with Gasteiger partial charge in [-0.15, -0.1) is 0 Å². The second-order valence-corrected chi connectivity index (χ2v) is 5.56. The number of ether oxygens (including phenoxy) is 1. The van der Waals surface area contributed by atoms with Crippen molar-refractivity contribution in [1.82, 2.24) is 14.8 Å². The average molecular weight is 344 g/mol. The van der Waals surface area contributed by atoms with E-state index in [-0.39, 0.29) is 0 Å². The van der Waals surface area contributed by atoms with E-state index < -0.39 is 0 Å². The van der Waals surface area contributed by atoms with Crippen LogP contribution in [-0.2, 0) is 6.61 Å². The Morgan fingerprint density at radius 3 is 2.67 bits per heavy atom. The van der Waals surface area contributed by atoms with E-state index in [2.05, 4.69) is 26.0 Å². The van der Waals surface area contributed by atoms with Crippen LogP contribution in [-0.4, -0.2) is 14.8 Å². The fourth-order valence-corrected chi connectivity index (χ4v) is 2.26. The monoisotopic (exact) mass is 343 g/mol. The van der Waals surface area contributed by atoms with Gasteiger partial charge in [0.1, 0.15) is 6.61 Å². The summed E-state index contributed by atoms with van der Waals surface area (Å²) in [4.78, 5) is 4.36. The predicted octanol–water partition coefficient (Wildman–Crippen LogP) is 3.92. The molecule has 0 saturated heterocycles. The molecule has 2 heterocycles. The maximum atomic E-state index is 5.86. The maximum Gasteiger partial charge on any atom is 0.218 e. The molecule has 0 N–H and O–H groups in total. The lowest BCUT2D eigenvalue weighted by molar-refractivity contribution is 0.284. The van der Waals surface area contributed by atoms with Crippen LogP contribution in [0, 0.1) is 6.92 Å². The molecule has 0 atom stereocenters. The largest absolute Gasteiger partial charge is 0.473 e. The number of aryl methyl sites for hydroxylation is 1. The molecule has 0 amide bonds. The quantitative estimate of drug-likeness (QED) is 0.720. The van der Waals surface area contributed by atoms with Gasteiger partial charge in [-0.1, -0.05) is 34.1 Å². The fourth-order valence-electron chi connectivity index (χ4n) is 2.00. The summed E-state index contributed by atoms with van der Waals surface area (Å²) in [6, 6.07) is 13.8. The summed E-state index contributed by atoms with van der Waals surface area (Å²) in [5, 5.41) is 4.30. The first-order valence-corrected chi connectivity index (χ1v) is 7.36. The zero-order valence-electron chi connectivity index (χ0n) is 11.5. The lowest BCUT2D eigenvalue weighted by Gasteiger charge is -2.10. The molecular weight excluding hydrogens is 330 g/mol. The summed E-state index contributed by atoms with van der Waals surface area (Å²) < 4.78 is 8.63. The Labute approximate surface area is 131 Å². The number of halogens is 1. The van der Waals surface area contributed by atoms with Crippen molar-refractivity contribution in [1.29, 1.82) is 0 Å². The Morgan fingerprint density at radius 2 is 1.90 bits per heavy atom. The molecule has 0 saturated carbocycles. The van der Waals surface area contributed by atoms with Gasteiger partial charge < -0.3 is 4.74 Å². The van der Waals surface area contributed by atoms with Gasteiger partial charge in [-0.2, -0.15) is 9.78 Å². The Kier molecular flexibility index (Phi) is 4.01. The molecular formula is C16H14BrN3O. The Hall–Kier alpha value is -2.14. The van der Waals surface area contributed by atoms with E-state index in [0.717, 1.165) is 21.4 Å². The summed E-state index contributed by atoms with van der Waals surface area (Å²) in [6.07, 6.45) is 3.47. The first-order chi connectivity index (χ1) is 10.2. The average Bonchev–Trinajstić information content (AvgIpc) is 2.95. The summed E-state index contributed by atoms with van der Waals surface area (Å²) in [6.45, 7) is 2.49. The molecule has 0 fully saturated rings. The van der Waals surface area contributed by atoms with Gasteiger partial charge in [0, 0.05) is 16.7 Å². The van der Waals surface area contributed by atoms with Crippen LogP contribution in [0.4, 0.5) is 0 Å². The SMILES string of the molecule is Cc1cccnc1-n1nccc1OCc1ccc(Br)cc1. The van der Waals surface area contributed by atoms with Gasteiger partial charge in [0.15, 0.2) is 5.82 Å². The van der Waals surface area contributed by atoms with Gasteiger partial charge in [-0.3, -0.25) is 0 Å². The zero-order chi connectivity index (χ0) is 14.7. The van der Waals surface area contributed by atoms with Crippen LogP contribution in [0.5, 0.6) is 5.88 Å². The number of hydrogen-bond donors (Lipinski definition) is 0. The van der Waals surface area contributed by atoms with E-state index in [4.69, 9.17) is 4.74 Å². The third-order valence-corrected chi connectivity index (χ3v) is 3.62. The number of nitrogens with zero attached hydrogens (tertiary/aromatic N) is 3. The highest BCUT2D eigenvalue weighted by Crippen LogP contribution is 2.19. The molecule has 21 heavy (non-hydrogen) atoms. The number of pyridine rings is 1. The van der Waals surface area contributed by atoms with Crippen molar-refractivity contribution < 1.29 is 4.74 Å². The molecule has 0 aliphatic heterocycles. The third kappa shape index (κ3) is 3.13. The Bertz CT molecular complexity index is 737. The van der Waals surface area contributed by atoms with E-state index in [0.29, 0.717) is 12.5 Å². The number of aromatic nitrogens is 3. The molecule has 1 aromatic carbocycles. The number of hydrogen-bond acceptors (Lipinski definition) is 3. The van der Waals surface area contributed by atoms with Crippen molar-refractivity contribution in [3.63, 3.8) is 0 Å². The molecule has 4 nitrogen and oxygen atoms in total. The molecule has 3 aromatic rings. The first kappa shape index (κ1) is 13.8. The maximum absolute atomic E-state index is 5.86. The Morgan fingerprint density at radius 1 is 1.10 bits per heavy atom. The molecule has 106 valence electrons. The van der Waals surface area contributed by atoms with Crippen molar-refractivity contribution >= 4 is 15.9 Å². The van der Waals surface area contributed by atoms with Crippen LogP contribution in [0.3, 0.4) is 0 Å². The Balaban J connectivity index is 1.80. The number of rotatable bonds is 4. The molecule has 0 aliphatic carbocycles. The molecule has 5 heteroatoms. The van der Waals surface area contributed by atoms with Gasteiger partial charge in [-0.25, -0.2) is 4.98 Å². The summed E-state index contributed by atoms with van der Waals surface area (Å²) in [7, 11) is 0. The molecule has 3 rings (SSSR count). The van der Waals surface area contributed by atoms with Gasteiger partial charge in [0.2, 0.25) is 5.88 Å². The standard InChI is InChI=1S/C16H14BrN3O/c1-12-3-2-9-18-16(12)20-15(8-10-19-20)21-11-13-4-6-14(17)7-5-13/h2-10H,11H2,1H3. The van der Waals surface area contributed by atoms with Crippen molar-refractivity contribution in [2.24, 2.45) is 0 Å². The normalized spacial score (nSPS) is 10.6. The van der Waals surface area contributed by atoms with E-state index in [1.807, 2.05) is 49.4 Å². The van der Waals surface area contributed by atoms with E-state index in [1.54, 1.807) is 17.1 Å². The summed E-state index contributed by atoms with van der Waals surface area (Å²) in [5.74, 6) is 1.47. The van der Waals surface area contributed by atoms with Crippen molar-refractivity contribution in [2.45, 2.75) is 13.5 Å². The third-order valence-electron chi connectivity index (χ3n) is 3.09. The van der Waals surface area contributed by atoms with Crippen molar-refractivity contribution in [2.75, 3.05) is 0 Å². The second-order valence-electron chi connectivity index (χ2n) is 4.64. The summed E-state index contributed by atoms with van der Waals surface area (Å²) >= 11 is 3.42. The smallest absolute Gasteiger partial charge is 0.218 e. The molecule has 0 spiro atoms. The van der Waals surface area contributed by atoms with Gasteiger partial charge >= 0.3 is 0 Å². The second kappa shape index (κ2) is 6.10. The minimum Gasteiger partial charge on any atom is -0.473 e. The fraction of sp³-hybridized carbons (Fsp3) is 0.125.